The second-order valence-electron chi connectivity index (χ2n) is 6.84. The van der Waals surface area contributed by atoms with Gasteiger partial charge in [-0.1, -0.05) is 17.7 Å². The molecule has 1 saturated heterocycles. The molecule has 4 rings (SSSR count). The SMILES string of the molecule is COC(=O)C1=NN(c2ccc(OC)cc2)[C@H]2C(=O)N(c3cccc(Cl)c3C)C(=O)[C@@H]12. The molecule has 2 aromatic rings. The number of imide groups is 1. The number of anilines is 2. The first kappa shape index (κ1) is 19.9. The van der Waals surface area contributed by atoms with Crippen LogP contribution in [0.3, 0.4) is 0 Å². The van der Waals surface area contributed by atoms with E-state index >= 15 is 0 Å². The average molecular weight is 428 g/mol. The van der Waals surface area contributed by atoms with Crippen LogP contribution in [0.2, 0.25) is 5.02 Å². The minimum atomic E-state index is -1.08. The molecule has 0 aliphatic carbocycles. The Kier molecular flexibility index (Phi) is 4.95. The number of rotatable bonds is 4. The molecule has 0 unspecified atom stereocenters. The Hall–Kier alpha value is -3.39. The van der Waals surface area contributed by atoms with Gasteiger partial charge in [0.25, 0.3) is 5.91 Å². The van der Waals surface area contributed by atoms with Crippen molar-refractivity contribution in [1.82, 2.24) is 0 Å². The summed E-state index contributed by atoms with van der Waals surface area (Å²) in [4.78, 5) is 40.1. The van der Waals surface area contributed by atoms with Crippen LogP contribution in [-0.2, 0) is 19.1 Å². The van der Waals surface area contributed by atoms with E-state index in [-0.39, 0.29) is 5.71 Å². The zero-order valence-electron chi connectivity index (χ0n) is 16.5. The first-order chi connectivity index (χ1) is 14.4. The highest BCUT2D eigenvalue weighted by molar-refractivity contribution is 6.47. The lowest BCUT2D eigenvalue weighted by Crippen LogP contribution is -2.39. The quantitative estimate of drug-likeness (QED) is 0.550. The number of esters is 1. The molecule has 9 heteroatoms. The summed E-state index contributed by atoms with van der Waals surface area (Å²) in [6.45, 7) is 1.73. The molecule has 1 fully saturated rings. The molecule has 0 N–H and O–H groups in total. The van der Waals surface area contributed by atoms with Crippen molar-refractivity contribution in [3.63, 3.8) is 0 Å². The fourth-order valence-electron chi connectivity index (χ4n) is 3.71. The number of ether oxygens (including phenoxy) is 2. The zero-order chi connectivity index (χ0) is 21.6. The van der Waals surface area contributed by atoms with Gasteiger partial charge in [0.15, 0.2) is 5.71 Å². The Morgan fingerprint density at radius 1 is 1.07 bits per heavy atom. The molecule has 8 nitrogen and oxygen atoms in total. The van der Waals surface area contributed by atoms with Crippen molar-refractivity contribution in [3.8, 4) is 5.75 Å². The van der Waals surface area contributed by atoms with Crippen LogP contribution < -0.4 is 14.6 Å². The second-order valence-corrected chi connectivity index (χ2v) is 7.24. The summed E-state index contributed by atoms with van der Waals surface area (Å²) in [5.41, 5.74) is 1.40. The highest BCUT2D eigenvalue weighted by Crippen LogP contribution is 2.40. The van der Waals surface area contributed by atoms with E-state index in [0.717, 1.165) is 4.90 Å². The number of hydrogen-bond donors (Lipinski definition) is 0. The number of amides is 2. The number of methoxy groups -OCH3 is 2. The number of halogens is 1. The Labute approximate surface area is 177 Å². The lowest BCUT2D eigenvalue weighted by atomic mass is 9.98. The van der Waals surface area contributed by atoms with Crippen molar-refractivity contribution in [2.24, 2.45) is 11.0 Å². The van der Waals surface area contributed by atoms with Gasteiger partial charge in [0.05, 0.1) is 25.6 Å². The predicted octanol–water partition coefficient (Wildman–Crippen LogP) is 2.56. The molecule has 2 atom stereocenters. The molecule has 0 radical (unpaired) electrons. The molecule has 0 spiro atoms. The van der Waals surface area contributed by atoms with E-state index in [2.05, 4.69) is 5.10 Å². The molecular weight excluding hydrogens is 410 g/mol. The lowest BCUT2D eigenvalue weighted by molar-refractivity contribution is -0.133. The van der Waals surface area contributed by atoms with Gasteiger partial charge in [0.2, 0.25) is 5.91 Å². The summed E-state index contributed by atoms with van der Waals surface area (Å²) >= 11 is 6.19. The fourth-order valence-corrected chi connectivity index (χ4v) is 3.88. The molecule has 2 heterocycles. The summed E-state index contributed by atoms with van der Waals surface area (Å²) in [5.74, 6) is -2.25. The number of nitrogens with zero attached hydrogens (tertiary/aromatic N) is 3. The molecule has 0 saturated carbocycles. The second kappa shape index (κ2) is 7.46. The van der Waals surface area contributed by atoms with Crippen molar-refractivity contribution in [2.75, 3.05) is 24.1 Å². The minimum Gasteiger partial charge on any atom is -0.497 e. The maximum atomic E-state index is 13.4. The maximum Gasteiger partial charge on any atom is 0.355 e. The van der Waals surface area contributed by atoms with Crippen molar-refractivity contribution in [2.45, 2.75) is 13.0 Å². The van der Waals surface area contributed by atoms with Crippen LogP contribution >= 0.6 is 11.6 Å². The molecular formula is C21H18ClN3O5. The van der Waals surface area contributed by atoms with E-state index in [9.17, 15) is 14.4 Å². The summed E-state index contributed by atoms with van der Waals surface area (Å²) in [7, 11) is 2.74. The topological polar surface area (TPSA) is 88.5 Å². The first-order valence-corrected chi connectivity index (χ1v) is 9.50. The van der Waals surface area contributed by atoms with Crippen molar-refractivity contribution >= 4 is 46.5 Å². The van der Waals surface area contributed by atoms with Gasteiger partial charge in [-0.05, 0) is 48.9 Å². The van der Waals surface area contributed by atoms with Gasteiger partial charge in [-0.3, -0.25) is 14.6 Å². The maximum absolute atomic E-state index is 13.4. The lowest BCUT2D eigenvalue weighted by Gasteiger charge is -2.23. The molecule has 0 bridgehead atoms. The van der Waals surface area contributed by atoms with Crippen LogP contribution in [0.25, 0.3) is 0 Å². The largest absolute Gasteiger partial charge is 0.497 e. The third-order valence-corrected chi connectivity index (χ3v) is 5.67. The Balaban J connectivity index is 1.81. The monoisotopic (exact) mass is 427 g/mol. The number of hydrazone groups is 1. The third kappa shape index (κ3) is 2.91. The van der Waals surface area contributed by atoms with Crippen LogP contribution in [0.15, 0.2) is 47.6 Å². The standard InChI is InChI=1S/C21H18ClN3O5/c1-11-14(22)5-4-6-15(11)24-19(26)16-17(21(28)30-3)23-25(18(16)20(24)27)12-7-9-13(29-2)10-8-12/h4-10,16,18H,1-3H3/t16-,18+/m0/s1. The summed E-state index contributed by atoms with van der Waals surface area (Å²) in [6, 6.07) is 10.8. The van der Waals surface area contributed by atoms with Crippen molar-refractivity contribution < 1.29 is 23.9 Å². The van der Waals surface area contributed by atoms with Gasteiger partial charge in [-0.2, -0.15) is 5.10 Å². The molecule has 154 valence electrons. The normalized spacial score (nSPS) is 20.3. The van der Waals surface area contributed by atoms with Crippen molar-refractivity contribution in [1.29, 1.82) is 0 Å². The van der Waals surface area contributed by atoms with Gasteiger partial charge in [0, 0.05) is 5.02 Å². The highest BCUT2D eigenvalue weighted by Gasteiger charge is 2.59. The van der Waals surface area contributed by atoms with Crippen LogP contribution in [0.5, 0.6) is 5.75 Å². The third-order valence-electron chi connectivity index (χ3n) is 5.26. The number of benzene rings is 2. The smallest absolute Gasteiger partial charge is 0.355 e. The van der Waals surface area contributed by atoms with Crippen LogP contribution in [-0.4, -0.2) is 43.8 Å². The van der Waals surface area contributed by atoms with Gasteiger partial charge in [0.1, 0.15) is 17.7 Å². The van der Waals surface area contributed by atoms with E-state index < -0.39 is 29.7 Å². The number of carbonyl (C=O) groups excluding carboxylic acids is 3. The number of carbonyl (C=O) groups is 3. The predicted molar refractivity (Wildman–Crippen MR) is 111 cm³/mol. The first-order valence-electron chi connectivity index (χ1n) is 9.12. The molecule has 30 heavy (non-hydrogen) atoms. The van der Waals surface area contributed by atoms with Crippen LogP contribution in [0, 0.1) is 12.8 Å². The molecule has 0 aromatic heterocycles. The Morgan fingerprint density at radius 2 is 1.77 bits per heavy atom. The van der Waals surface area contributed by atoms with E-state index in [4.69, 9.17) is 21.1 Å². The minimum absolute atomic E-state index is 0.112. The van der Waals surface area contributed by atoms with Gasteiger partial charge >= 0.3 is 5.97 Å². The summed E-state index contributed by atoms with van der Waals surface area (Å²) in [5, 5.41) is 6.09. The summed E-state index contributed by atoms with van der Waals surface area (Å²) < 4.78 is 9.97. The molecule has 2 aromatic carbocycles. The average Bonchev–Trinajstić information content (AvgIpc) is 3.27. The summed E-state index contributed by atoms with van der Waals surface area (Å²) in [6.07, 6.45) is 0. The van der Waals surface area contributed by atoms with E-state index in [1.165, 1.54) is 12.1 Å². The van der Waals surface area contributed by atoms with Gasteiger partial charge in [-0.15, -0.1) is 0 Å². The van der Waals surface area contributed by atoms with E-state index in [0.29, 0.717) is 27.7 Å². The number of fused-ring (bicyclic) bond motifs is 1. The molecule has 2 aliphatic heterocycles. The van der Waals surface area contributed by atoms with Crippen molar-refractivity contribution in [3.05, 3.63) is 53.1 Å². The molecule has 2 amide bonds. The van der Waals surface area contributed by atoms with E-state index in [1.807, 2.05) is 0 Å². The van der Waals surface area contributed by atoms with Gasteiger partial charge < -0.3 is 9.47 Å². The number of hydrogen-bond acceptors (Lipinski definition) is 7. The van der Waals surface area contributed by atoms with E-state index in [1.54, 1.807) is 56.5 Å². The van der Waals surface area contributed by atoms with Gasteiger partial charge in [-0.25, -0.2) is 9.69 Å². The van der Waals surface area contributed by atoms with Crippen LogP contribution in [0.4, 0.5) is 11.4 Å². The van der Waals surface area contributed by atoms with Crippen LogP contribution in [0.1, 0.15) is 5.56 Å². The Morgan fingerprint density at radius 3 is 2.40 bits per heavy atom. The molecule has 2 aliphatic rings. The zero-order valence-corrected chi connectivity index (χ0v) is 17.2. The highest BCUT2D eigenvalue weighted by atomic mass is 35.5. The Bertz CT molecular complexity index is 1080. The fraction of sp³-hybridized carbons (Fsp3) is 0.238.